The van der Waals surface area contributed by atoms with Crippen LogP contribution in [-0.2, 0) is 5.41 Å². The first-order chi connectivity index (χ1) is 15.8. The van der Waals surface area contributed by atoms with E-state index >= 15 is 0 Å². The van der Waals surface area contributed by atoms with Crippen molar-refractivity contribution in [1.29, 1.82) is 0 Å². The van der Waals surface area contributed by atoms with Crippen molar-refractivity contribution < 1.29 is 4.74 Å². The summed E-state index contributed by atoms with van der Waals surface area (Å²) in [5, 5.41) is 0. The monoisotopic (exact) mass is 429 g/mol. The number of para-hydroxylation sites is 2. The number of rotatable bonds is 1. The molecule has 6 rings (SSSR count). The van der Waals surface area contributed by atoms with Gasteiger partial charge in [-0.05, 0) is 83.2 Å². The molecule has 4 aromatic rings. The number of hydrogen-bond acceptors (Lipinski definition) is 2. The average Bonchev–Trinajstić information content (AvgIpc) is 2.78. The summed E-state index contributed by atoms with van der Waals surface area (Å²) in [4.78, 5) is 2.41. The van der Waals surface area contributed by atoms with E-state index in [2.05, 4.69) is 118 Å². The minimum absolute atomic E-state index is 0.00646. The van der Waals surface area contributed by atoms with Crippen molar-refractivity contribution in [3.05, 3.63) is 95.6 Å². The Hall–Kier alpha value is -3.46. The van der Waals surface area contributed by atoms with Crippen LogP contribution < -0.4 is 26.0 Å². The van der Waals surface area contributed by atoms with E-state index in [1.54, 1.807) is 0 Å². The second-order valence-corrected chi connectivity index (χ2v) is 10.4. The molecule has 0 radical (unpaired) electrons. The maximum Gasteiger partial charge on any atom is 0.256 e. The fourth-order valence-corrected chi connectivity index (χ4v) is 5.49. The molecule has 0 saturated carbocycles. The van der Waals surface area contributed by atoms with Crippen molar-refractivity contribution in [3.8, 4) is 11.5 Å². The van der Waals surface area contributed by atoms with E-state index in [-0.39, 0.29) is 12.1 Å². The Morgan fingerprint density at radius 2 is 1.42 bits per heavy atom. The smallest absolute Gasteiger partial charge is 0.256 e. The number of nitrogens with zero attached hydrogens (tertiary/aromatic N) is 1. The minimum atomic E-state index is 0.00646. The van der Waals surface area contributed by atoms with Gasteiger partial charge in [0.1, 0.15) is 11.5 Å². The summed E-state index contributed by atoms with van der Waals surface area (Å²) in [6.45, 7) is 11.3. The zero-order chi connectivity index (χ0) is 22.9. The lowest BCUT2D eigenvalue weighted by Gasteiger charge is -2.41. The van der Waals surface area contributed by atoms with E-state index < -0.39 is 0 Å². The Bertz CT molecular complexity index is 1400. The van der Waals surface area contributed by atoms with E-state index in [4.69, 9.17) is 4.74 Å². The minimum Gasteiger partial charge on any atom is -0.458 e. The van der Waals surface area contributed by atoms with Gasteiger partial charge in [0, 0.05) is 17.1 Å². The second kappa shape index (κ2) is 7.02. The first-order valence-corrected chi connectivity index (χ1v) is 11.7. The third kappa shape index (κ3) is 3.02. The molecule has 4 aromatic carbocycles. The molecule has 162 valence electrons. The zero-order valence-electron chi connectivity index (χ0n) is 19.9. The third-order valence-electron chi connectivity index (χ3n) is 7.02. The van der Waals surface area contributed by atoms with Gasteiger partial charge >= 0.3 is 0 Å². The Morgan fingerprint density at radius 3 is 2.18 bits per heavy atom. The highest BCUT2D eigenvalue weighted by atomic mass is 16.5. The number of anilines is 3. The molecule has 2 heterocycles. The van der Waals surface area contributed by atoms with Gasteiger partial charge in [0.25, 0.3) is 6.71 Å². The largest absolute Gasteiger partial charge is 0.458 e. The van der Waals surface area contributed by atoms with E-state index in [1.807, 2.05) is 0 Å². The second-order valence-electron chi connectivity index (χ2n) is 10.4. The molecule has 2 nitrogen and oxygen atoms in total. The Kier molecular flexibility index (Phi) is 4.29. The maximum absolute atomic E-state index is 6.69. The first-order valence-electron chi connectivity index (χ1n) is 11.7. The fourth-order valence-electron chi connectivity index (χ4n) is 5.49. The fraction of sp³-hybridized carbons (Fsp3) is 0.200. The Balaban J connectivity index is 1.73. The summed E-state index contributed by atoms with van der Waals surface area (Å²) < 4.78 is 6.69. The standard InChI is InChI=1S/C30H28BNO/c1-19-15-20(2)28-26(16-19)33-27-18-21(30(3,4)5)17-25-29(27)31(28)23-13-9-10-14-24(23)32(25)22-11-7-6-8-12-22/h6-18H,1-5H3. The van der Waals surface area contributed by atoms with E-state index in [0.29, 0.717) is 0 Å². The lowest BCUT2D eigenvalue weighted by molar-refractivity contribution is 0.482. The highest BCUT2D eigenvalue weighted by Gasteiger charge is 2.43. The lowest BCUT2D eigenvalue weighted by Crippen LogP contribution is -2.60. The average molecular weight is 429 g/mol. The molecule has 0 spiro atoms. The van der Waals surface area contributed by atoms with Crippen LogP contribution in [0.1, 0.15) is 37.5 Å². The summed E-state index contributed by atoms with van der Waals surface area (Å²) >= 11 is 0. The van der Waals surface area contributed by atoms with Crippen LogP contribution in [0.15, 0.2) is 78.9 Å². The molecular formula is C30H28BNO. The van der Waals surface area contributed by atoms with Crippen molar-refractivity contribution in [1.82, 2.24) is 0 Å². The van der Waals surface area contributed by atoms with E-state index in [0.717, 1.165) is 11.5 Å². The highest BCUT2D eigenvalue weighted by molar-refractivity contribution is 6.99. The van der Waals surface area contributed by atoms with Gasteiger partial charge in [-0.15, -0.1) is 0 Å². The molecule has 0 atom stereocenters. The van der Waals surface area contributed by atoms with Gasteiger partial charge in [0.2, 0.25) is 0 Å². The Labute approximate surface area is 196 Å². The van der Waals surface area contributed by atoms with Gasteiger partial charge < -0.3 is 9.64 Å². The molecule has 33 heavy (non-hydrogen) atoms. The van der Waals surface area contributed by atoms with Crippen molar-refractivity contribution in [2.24, 2.45) is 0 Å². The van der Waals surface area contributed by atoms with Gasteiger partial charge in [-0.3, -0.25) is 0 Å². The van der Waals surface area contributed by atoms with Crippen LogP contribution in [0, 0.1) is 13.8 Å². The normalized spacial score (nSPS) is 13.7. The lowest BCUT2D eigenvalue weighted by atomic mass is 9.33. The van der Waals surface area contributed by atoms with Crippen LogP contribution in [-0.4, -0.2) is 6.71 Å². The topological polar surface area (TPSA) is 12.5 Å². The van der Waals surface area contributed by atoms with Crippen LogP contribution in [0.2, 0.25) is 0 Å². The molecule has 0 bridgehead atoms. The predicted octanol–water partition coefficient (Wildman–Crippen LogP) is 6.01. The molecule has 2 aliphatic heterocycles. The third-order valence-corrected chi connectivity index (χ3v) is 7.02. The van der Waals surface area contributed by atoms with Crippen LogP contribution >= 0.6 is 0 Å². The van der Waals surface area contributed by atoms with Crippen molar-refractivity contribution in [2.75, 3.05) is 4.90 Å². The van der Waals surface area contributed by atoms with Gasteiger partial charge in [-0.1, -0.05) is 68.8 Å². The quantitative estimate of drug-likeness (QED) is 0.297. The molecule has 0 amide bonds. The summed E-state index contributed by atoms with van der Waals surface area (Å²) in [6, 6.07) is 28.7. The maximum atomic E-state index is 6.69. The molecule has 0 aliphatic carbocycles. The van der Waals surface area contributed by atoms with Crippen molar-refractivity contribution in [3.63, 3.8) is 0 Å². The van der Waals surface area contributed by atoms with Gasteiger partial charge in [-0.25, -0.2) is 0 Å². The molecule has 0 N–H and O–H groups in total. The molecular weight excluding hydrogens is 401 g/mol. The van der Waals surface area contributed by atoms with Crippen LogP contribution in [0.4, 0.5) is 17.1 Å². The van der Waals surface area contributed by atoms with Crippen LogP contribution in [0.3, 0.4) is 0 Å². The number of hydrogen-bond donors (Lipinski definition) is 0. The van der Waals surface area contributed by atoms with Gasteiger partial charge in [0.15, 0.2) is 0 Å². The molecule has 0 unspecified atom stereocenters. The van der Waals surface area contributed by atoms with E-state index in [9.17, 15) is 0 Å². The van der Waals surface area contributed by atoms with E-state index in [1.165, 1.54) is 50.1 Å². The number of benzene rings is 4. The molecule has 3 heteroatoms. The zero-order valence-corrected chi connectivity index (χ0v) is 19.9. The Morgan fingerprint density at radius 1 is 0.727 bits per heavy atom. The summed E-state index contributed by atoms with van der Waals surface area (Å²) in [5.74, 6) is 1.97. The summed E-state index contributed by atoms with van der Waals surface area (Å²) in [6.07, 6.45) is 0. The van der Waals surface area contributed by atoms with Gasteiger partial charge in [-0.2, -0.15) is 0 Å². The van der Waals surface area contributed by atoms with Crippen molar-refractivity contribution >= 4 is 40.2 Å². The summed E-state index contributed by atoms with van der Waals surface area (Å²) in [7, 11) is 0. The highest BCUT2D eigenvalue weighted by Crippen LogP contribution is 2.43. The number of aryl methyl sites for hydroxylation is 2. The number of ether oxygens (including phenoxy) is 1. The van der Waals surface area contributed by atoms with Gasteiger partial charge in [0.05, 0.1) is 0 Å². The van der Waals surface area contributed by atoms with Crippen molar-refractivity contribution in [2.45, 2.75) is 40.0 Å². The molecule has 0 aromatic heterocycles. The SMILES string of the molecule is Cc1cc(C)c2c(c1)Oc1cc(C(C)(C)C)cc3c1B2c1ccccc1N3c1ccccc1. The van der Waals surface area contributed by atoms with Crippen LogP contribution in [0.5, 0.6) is 11.5 Å². The number of fused-ring (bicyclic) bond motifs is 4. The van der Waals surface area contributed by atoms with Crippen LogP contribution in [0.25, 0.3) is 0 Å². The predicted molar refractivity (Wildman–Crippen MR) is 140 cm³/mol. The molecule has 0 fully saturated rings. The molecule has 2 aliphatic rings. The summed E-state index contributed by atoms with van der Waals surface area (Å²) in [5.41, 5.74) is 11.3. The first kappa shape index (κ1) is 20.2. The molecule has 0 saturated heterocycles.